The molecule has 5 nitrogen and oxygen atoms in total. The van der Waals surface area contributed by atoms with Gasteiger partial charge in [-0.25, -0.2) is 4.79 Å². The van der Waals surface area contributed by atoms with Crippen LogP contribution in [0.4, 0.5) is 4.79 Å². The molecule has 0 bridgehead atoms. The summed E-state index contributed by atoms with van der Waals surface area (Å²) in [5, 5.41) is 11.6. The van der Waals surface area contributed by atoms with E-state index >= 15 is 0 Å². The van der Waals surface area contributed by atoms with Crippen LogP contribution in [0.15, 0.2) is 0 Å². The van der Waals surface area contributed by atoms with Gasteiger partial charge in [0.2, 0.25) is 0 Å². The Morgan fingerprint density at radius 1 is 1.47 bits per heavy atom. The summed E-state index contributed by atoms with van der Waals surface area (Å²) in [7, 11) is 0. The molecule has 2 fully saturated rings. The van der Waals surface area contributed by atoms with Crippen LogP contribution >= 0.6 is 0 Å². The van der Waals surface area contributed by atoms with Crippen molar-refractivity contribution in [2.24, 2.45) is 5.92 Å². The zero-order valence-corrected chi connectivity index (χ0v) is 8.82. The van der Waals surface area contributed by atoms with Crippen LogP contribution in [0.5, 0.6) is 0 Å². The first kappa shape index (κ1) is 10.7. The van der Waals surface area contributed by atoms with Crippen molar-refractivity contribution in [1.82, 2.24) is 10.2 Å². The van der Waals surface area contributed by atoms with E-state index in [0.717, 1.165) is 32.5 Å². The number of carbonyl (C=O) groups is 1. The number of nitrogens with one attached hydrogen (secondary N) is 1. The molecule has 2 aliphatic heterocycles. The molecule has 2 saturated heterocycles. The summed E-state index contributed by atoms with van der Waals surface area (Å²) < 4.78 is 5.08. The van der Waals surface area contributed by atoms with Crippen molar-refractivity contribution in [2.75, 3.05) is 32.8 Å². The third-order valence-corrected chi connectivity index (χ3v) is 3.17. The fraction of sp³-hybridized carbons (Fsp3) is 0.900. The van der Waals surface area contributed by atoms with E-state index in [-0.39, 0.29) is 12.2 Å². The number of nitrogens with zero attached hydrogens (tertiary/aromatic N) is 1. The summed E-state index contributed by atoms with van der Waals surface area (Å²) in [6, 6.07) is 0. The molecule has 0 aromatic rings. The molecular weight excluding hydrogens is 196 g/mol. The fourth-order valence-electron chi connectivity index (χ4n) is 2.17. The largest absolute Gasteiger partial charge is 0.443 e. The van der Waals surface area contributed by atoms with Crippen molar-refractivity contribution in [1.29, 1.82) is 0 Å². The number of hydrogen-bond acceptors (Lipinski definition) is 4. The molecule has 5 heteroatoms. The number of rotatable bonds is 3. The lowest BCUT2D eigenvalue weighted by Crippen LogP contribution is -2.40. The molecular formula is C10H18N2O3. The van der Waals surface area contributed by atoms with Crippen molar-refractivity contribution in [3.05, 3.63) is 0 Å². The zero-order valence-electron chi connectivity index (χ0n) is 8.82. The van der Waals surface area contributed by atoms with Crippen molar-refractivity contribution < 1.29 is 14.6 Å². The van der Waals surface area contributed by atoms with Gasteiger partial charge in [-0.05, 0) is 31.8 Å². The maximum Gasteiger partial charge on any atom is 0.407 e. The standard InChI is InChI=1S/C10H18N2O3/c13-7-8-1-3-12(4-2-8)6-9-5-11-10(14)15-9/h8-9,13H,1-7H2,(H,11,14)/t9-/m1/s1. The third kappa shape index (κ3) is 2.82. The van der Waals surface area contributed by atoms with Gasteiger partial charge in [-0.2, -0.15) is 0 Å². The lowest BCUT2D eigenvalue weighted by Gasteiger charge is -2.31. The molecule has 0 aromatic heterocycles. The summed E-state index contributed by atoms with van der Waals surface area (Å²) in [4.78, 5) is 13.1. The predicted octanol–water partition coefficient (Wildman–Crippen LogP) is -0.201. The summed E-state index contributed by atoms with van der Waals surface area (Å²) >= 11 is 0. The Bertz CT molecular complexity index is 227. The monoisotopic (exact) mass is 214 g/mol. The summed E-state index contributed by atoms with van der Waals surface area (Å²) in [5.41, 5.74) is 0. The maximum atomic E-state index is 10.8. The van der Waals surface area contributed by atoms with Gasteiger partial charge in [-0.3, -0.25) is 4.90 Å². The van der Waals surface area contributed by atoms with Gasteiger partial charge >= 0.3 is 6.09 Å². The molecule has 2 heterocycles. The summed E-state index contributed by atoms with van der Waals surface area (Å²) in [6.07, 6.45) is 1.79. The molecule has 0 unspecified atom stereocenters. The lowest BCUT2D eigenvalue weighted by molar-refractivity contribution is 0.0802. The van der Waals surface area contributed by atoms with Crippen molar-refractivity contribution >= 4 is 6.09 Å². The van der Waals surface area contributed by atoms with Gasteiger partial charge in [-0.1, -0.05) is 0 Å². The molecule has 0 radical (unpaired) electrons. The first-order chi connectivity index (χ1) is 7.28. The van der Waals surface area contributed by atoms with E-state index in [0.29, 0.717) is 19.1 Å². The topological polar surface area (TPSA) is 61.8 Å². The van der Waals surface area contributed by atoms with E-state index in [2.05, 4.69) is 10.2 Å². The average molecular weight is 214 g/mol. The number of cyclic esters (lactones) is 1. The number of aliphatic hydroxyl groups is 1. The van der Waals surface area contributed by atoms with Crippen LogP contribution in [0, 0.1) is 5.92 Å². The predicted molar refractivity (Wildman–Crippen MR) is 54.5 cm³/mol. The number of amides is 1. The molecule has 0 spiro atoms. The average Bonchev–Trinajstić information content (AvgIpc) is 2.65. The fourth-order valence-corrected chi connectivity index (χ4v) is 2.17. The Morgan fingerprint density at radius 3 is 2.73 bits per heavy atom. The van der Waals surface area contributed by atoms with E-state index in [1.165, 1.54) is 0 Å². The number of ether oxygens (including phenoxy) is 1. The van der Waals surface area contributed by atoms with Crippen LogP contribution in [0.2, 0.25) is 0 Å². The molecule has 2 N–H and O–H groups in total. The molecule has 0 aromatic carbocycles. The molecule has 2 rings (SSSR count). The lowest BCUT2D eigenvalue weighted by atomic mass is 9.98. The second kappa shape index (κ2) is 4.81. The highest BCUT2D eigenvalue weighted by Gasteiger charge is 2.26. The van der Waals surface area contributed by atoms with E-state index < -0.39 is 0 Å². The van der Waals surface area contributed by atoms with Gasteiger partial charge in [0.15, 0.2) is 0 Å². The Labute approximate surface area is 89.4 Å². The SMILES string of the molecule is O=C1NC[C@H](CN2CCC(CO)CC2)O1. The Kier molecular flexibility index (Phi) is 3.43. The van der Waals surface area contributed by atoms with E-state index in [9.17, 15) is 4.79 Å². The molecule has 0 saturated carbocycles. The molecule has 15 heavy (non-hydrogen) atoms. The number of alkyl carbamates (subject to hydrolysis) is 1. The highest BCUT2D eigenvalue weighted by atomic mass is 16.6. The van der Waals surface area contributed by atoms with Crippen molar-refractivity contribution in [2.45, 2.75) is 18.9 Å². The second-order valence-corrected chi connectivity index (χ2v) is 4.33. The van der Waals surface area contributed by atoms with Crippen LogP contribution in [0.25, 0.3) is 0 Å². The number of hydrogen-bond donors (Lipinski definition) is 2. The van der Waals surface area contributed by atoms with Gasteiger partial charge in [0.1, 0.15) is 6.10 Å². The van der Waals surface area contributed by atoms with Crippen LogP contribution in [0.3, 0.4) is 0 Å². The first-order valence-corrected chi connectivity index (χ1v) is 5.55. The minimum Gasteiger partial charge on any atom is -0.443 e. The quantitative estimate of drug-likeness (QED) is 0.683. The zero-order chi connectivity index (χ0) is 10.7. The van der Waals surface area contributed by atoms with E-state index in [1.807, 2.05) is 0 Å². The second-order valence-electron chi connectivity index (χ2n) is 4.33. The van der Waals surface area contributed by atoms with Crippen LogP contribution < -0.4 is 5.32 Å². The molecule has 86 valence electrons. The minimum atomic E-state index is -0.301. The number of likely N-dealkylation sites (tertiary alicyclic amines) is 1. The van der Waals surface area contributed by atoms with Crippen LogP contribution in [-0.2, 0) is 4.74 Å². The van der Waals surface area contributed by atoms with Gasteiger partial charge in [-0.15, -0.1) is 0 Å². The summed E-state index contributed by atoms with van der Waals surface area (Å²) in [6.45, 7) is 3.74. The number of aliphatic hydroxyl groups excluding tert-OH is 1. The molecule has 0 aliphatic carbocycles. The van der Waals surface area contributed by atoms with Crippen LogP contribution in [-0.4, -0.2) is 55.0 Å². The molecule has 1 amide bonds. The Balaban J connectivity index is 1.70. The van der Waals surface area contributed by atoms with Gasteiger partial charge < -0.3 is 15.2 Å². The number of carbonyl (C=O) groups excluding carboxylic acids is 1. The minimum absolute atomic E-state index is 0.00294. The van der Waals surface area contributed by atoms with Crippen molar-refractivity contribution in [3.63, 3.8) is 0 Å². The Hall–Kier alpha value is -0.810. The van der Waals surface area contributed by atoms with E-state index in [4.69, 9.17) is 9.84 Å². The Morgan fingerprint density at radius 2 is 2.20 bits per heavy atom. The summed E-state index contributed by atoms with van der Waals surface area (Å²) in [5.74, 6) is 0.463. The number of piperidine rings is 1. The van der Waals surface area contributed by atoms with Gasteiger partial charge in [0.05, 0.1) is 6.54 Å². The highest BCUT2D eigenvalue weighted by Crippen LogP contribution is 2.17. The smallest absolute Gasteiger partial charge is 0.407 e. The third-order valence-electron chi connectivity index (χ3n) is 3.17. The van der Waals surface area contributed by atoms with Crippen LogP contribution in [0.1, 0.15) is 12.8 Å². The normalized spacial score (nSPS) is 28.9. The highest BCUT2D eigenvalue weighted by molar-refractivity contribution is 5.69. The maximum absolute atomic E-state index is 10.8. The first-order valence-electron chi connectivity index (χ1n) is 5.55. The van der Waals surface area contributed by atoms with Gasteiger partial charge in [0.25, 0.3) is 0 Å². The molecule has 2 aliphatic rings. The van der Waals surface area contributed by atoms with E-state index in [1.54, 1.807) is 0 Å². The molecule has 1 atom stereocenters. The van der Waals surface area contributed by atoms with Gasteiger partial charge in [0, 0.05) is 13.2 Å². The van der Waals surface area contributed by atoms with Crippen molar-refractivity contribution in [3.8, 4) is 0 Å².